The minimum absolute atomic E-state index is 0.499. The van der Waals surface area contributed by atoms with Crippen LogP contribution in [0.5, 0.6) is 0 Å². The molecular formula is C15H28N2. The van der Waals surface area contributed by atoms with Gasteiger partial charge in [0.2, 0.25) is 0 Å². The van der Waals surface area contributed by atoms with E-state index in [9.17, 15) is 0 Å². The molecule has 3 aliphatic rings. The van der Waals surface area contributed by atoms with Crippen molar-refractivity contribution in [2.24, 2.45) is 17.6 Å². The summed E-state index contributed by atoms with van der Waals surface area (Å²) in [5.74, 6) is 1.90. The highest BCUT2D eigenvalue weighted by molar-refractivity contribution is 4.89. The molecule has 2 aliphatic carbocycles. The van der Waals surface area contributed by atoms with E-state index in [2.05, 4.69) is 4.90 Å². The van der Waals surface area contributed by atoms with Gasteiger partial charge in [0.05, 0.1) is 0 Å². The molecule has 3 unspecified atom stereocenters. The van der Waals surface area contributed by atoms with Crippen LogP contribution in [0.4, 0.5) is 0 Å². The molecule has 1 saturated heterocycles. The van der Waals surface area contributed by atoms with Crippen LogP contribution in [-0.4, -0.2) is 30.1 Å². The molecule has 17 heavy (non-hydrogen) atoms. The highest BCUT2D eigenvalue weighted by Gasteiger charge is 2.34. The molecule has 1 aliphatic heterocycles. The maximum Gasteiger partial charge on any atom is 0.0123 e. The van der Waals surface area contributed by atoms with Crippen molar-refractivity contribution in [1.82, 2.24) is 4.90 Å². The zero-order valence-electron chi connectivity index (χ0n) is 11.1. The Morgan fingerprint density at radius 2 is 1.76 bits per heavy atom. The molecule has 98 valence electrons. The van der Waals surface area contributed by atoms with Gasteiger partial charge in [-0.25, -0.2) is 0 Å². The lowest BCUT2D eigenvalue weighted by Crippen LogP contribution is -2.48. The fourth-order valence-electron chi connectivity index (χ4n) is 4.08. The number of fused-ring (bicyclic) bond motifs is 1. The van der Waals surface area contributed by atoms with Gasteiger partial charge in [-0.1, -0.05) is 12.8 Å². The van der Waals surface area contributed by atoms with Crippen LogP contribution in [0, 0.1) is 11.8 Å². The molecule has 0 aromatic carbocycles. The van der Waals surface area contributed by atoms with Crippen molar-refractivity contribution in [3.63, 3.8) is 0 Å². The molecule has 1 heterocycles. The number of likely N-dealkylation sites (tertiary alicyclic amines) is 1. The molecule has 0 spiro atoms. The molecule has 0 bridgehead atoms. The van der Waals surface area contributed by atoms with Gasteiger partial charge in [-0.15, -0.1) is 0 Å². The molecule has 0 radical (unpaired) electrons. The van der Waals surface area contributed by atoms with E-state index in [4.69, 9.17) is 5.73 Å². The van der Waals surface area contributed by atoms with Crippen molar-refractivity contribution in [3.8, 4) is 0 Å². The fourth-order valence-corrected chi connectivity index (χ4v) is 4.08. The summed E-state index contributed by atoms with van der Waals surface area (Å²) >= 11 is 0. The molecule has 0 aromatic heterocycles. The van der Waals surface area contributed by atoms with Gasteiger partial charge in [0.15, 0.2) is 0 Å². The van der Waals surface area contributed by atoms with Gasteiger partial charge in [0.25, 0.3) is 0 Å². The SMILES string of the molecule is NC(CCN1CCCC2CCCCC21)C1CC1. The fraction of sp³-hybridized carbons (Fsp3) is 1.00. The highest BCUT2D eigenvalue weighted by atomic mass is 15.2. The number of nitrogens with zero attached hydrogens (tertiary/aromatic N) is 1. The van der Waals surface area contributed by atoms with Crippen LogP contribution in [0.25, 0.3) is 0 Å². The first-order chi connectivity index (χ1) is 8.34. The first kappa shape index (κ1) is 12.0. The largest absolute Gasteiger partial charge is 0.327 e. The number of rotatable bonds is 4. The van der Waals surface area contributed by atoms with Crippen molar-refractivity contribution >= 4 is 0 Å². The minimum Gasteiger partial charge on any atom is -0.327 e. The molecule has 0 amide bonds. The molecule has 2 N–H and O–H groups in total. The van der Waals surface area contributed by atoms with Crippen molar-refractivity contribution < 1.29 is 0 Å². The van der Waals surface area contributed by atoms with E-state index >= 15 is 0 Å². The van der Waals surface area contributed by atoms with Gasteiger partial charge in [-0.3, -0.25) is 0 Å². The summed E-state index contributed by atoms with van der Waals surface area (Å²) < 4.78 is 0. The summed E-state index contributed by atoms with van der Waals surface area (Å²) in [4.78, 5) is 2.79. The second-order valence-corrected chi connectivity index (χ2v) is 6.58. The van der Waals surface area contributed by atoms with Gasteiger partial charge in [-0.05, 0) is 69.9 Å². The van der Waals surface area contributed by atoms with Crippen LogP contribution in [-0.2, 0) is 0 Å². The van der Waals surface area contributed by atoms with E-state index in [0.29, 0.717) is 6.04 Å². The van der Waals surface area contributed by atoms with Crippen LogP contribution in [0.1, 0.15) is 57.8 Å². The Morgan fingerprint density at radius 1 is 1.00 bits per heavy atom. The molecule has 2 heteroatoms. The molecular weight excluding hydrogens is 208 g/mol. The average molecular weight is 236 g/mol. The first-order valence-corrected chi connectivity index (χ1v) is 7.84. The smallest absolute Gasteiger partial charge is 0.0123 e. The number of hydrogen-bond acceptors (Lipinski definition) is 2. The average Bonchev–Trinajstić information content (AvgIpc) is 3.20. The van der Waals surface area contributed by atoms with E-state index < -0.39 is 0 Å². The summed E-state index contributed by atoms with van der Waals surface area (Å²) in [5, 5.41) is 0. The number of hydrogen-bond donors (Lipinski definition) is 1. The number of nitrogens with two attached hydrogens (primary N) is 1. The quantitative estimate of drug-likeness (QED) is 0.813. The maximum absolute atomic E-state index is 6.24. The normalized spacial score (nSPS) is 36.5. The van der Waals surface area contributed by atoms with E-state index in [1.54, 1.807) is 0 Å². The highest BCUT2D eigenvalue weighted by Crippen LogP contribution is 2.36. The second kappa shape index (κ2) is 5.27. The van der Waals surface area contributed by atoms with Gasteiger partial charge >= 0.3 is 0 Å². The zero-order valence-corrected chi connectivity index (χ0v) is 11.1. The summed E-state index contributed by atoms with van der Waals surface area (Å²) in [6.07, 6.45) is 12.9. The Balaban J connectivity index is 1.50. The first-order valence-electron chi connectivity index (χ1n) is 7.84. The molecule has 0 aromatic rings. The van der Waals surface area contributed by atoms with Crippen LogP contribution >= 0.6 is 0 Å². The Kier molecular flexibility index (Phi) is 3.72. The predicted octanol–water partition coefficient (Wildman–Crippen LogP) is 2.77. The van der Waals surface area contributed by atoms with Crippen molar-refractivity contribution in [1.29, 1.82) is 0 Å². The van der Waals surface area contributed by atoms with Crippen molar-refractivity contribution in [3.05, 3.63) is 0 Å². The summed E-state index contributed by atoms with van der Waals surface area (Å²) in [6, 6.07) is 1.42. The lowest BCUT2D eigenvalue weighted by Gasteiger charge is -2.44. The van der Waals surface area contributed by atoms with Crippen molar-refractivity contribution in [2.45, 2.75) is 69.9 Å². The van der Waals surface area contributed by atoms with Crippen LogP contribution in [0.3, 0.4) is 0 Å². The van der Waals surface area contributed by atoms with E-state index in [-0.39, 0.29) is 0 Å². The molecule has 2 nitrogen and oxygen atoms in total. The standard InChI is InChI=1S/C15H28N2/c16-14(12-7-8-12)9-11-17-10-3-5-13-4-1-2-6-15(13)17/h12-15H,1-11,16H2. The zero-order chi connectivity index (χ0) is 11.7. The van der Waals surface area contributed by atoms with Crippen LogP contribution < -0.4 is 5.73 Å². The second-order valence-electron chi connectivity index (χ2n) is 6.58. The molecule has 3 atom stereocenters. The topological polar surface area (TPSA) is 29.3 Å². The third kappa shape index (κ3) is 2.85. The summed E-state index contributed by atoms with van der Waals surface area (Å²) in [6.45, 7) is 2.62. The van der Waals surface area contributed by atoms with Crippen LogP contribution in [0.2, 0.25) is 0 Å². The Hall–Kier alpha value is -0.0800. The van der Waals surface area contributed by atoms with E-state index in [1.165, 1.54) is 70.9 Å². The monoisotopic (exact) mass is 236 g/mol. The minimum atomic E-state index is 0.499. The third-order valence-corrected chi connectivity index (χ3v) is 5.34. The number of piperidine rings is 1. The van der Waals surface area contributed by atoms with Gasteiger partial charge in [-0.2, -0.15) is 0 Å². The Labute approximate surface area is 106 Å². The third-order valence-electron chi connectivity index (χ3n) is 5.34. The maximum atomic E-state index is 6.24. The molecule has 2 saturated carbocycles. The predicted molar refractivity (Wildman–Crippen MR) is 71.9 cm³/mol. The van der Waals surface area contributed by atoms with Gasteiger partial charge in [0, 0.05) is 12.1 Å². The van der Waals surface area contributed by atoms with Crippen LogP contribution in [0.15, 0.2) is 0 Å². The Bertz CT molecular complexity index is 247. The van der Waals surface area contributed by atoms with Gasteiger partial charge in [0.1, 0.15) is 0 Å². The van der Waals surface area contributed by atoms with E-state index in [1.807, 2.05) is 0 Å². The molecule has 3 rings (SSSR count). The lowest BCUT2D eigenvalue weighted by atomic mass is 9.78. The van der Waals surface area contributed by atoms with Crippen molar-refractivity contribution in [2.75, 3.05) is 13.1 Å². The Morgan fingerprint density at radius 3 is 2.59 bits per heavy atom. The molecule has 3 fully saturated rings. The summed E-state index contributed by atoms with van der Waals surface area (Å²) in [7, 11) is 0. The van der Waals surface area contributed by atoms with Gasteiger partial charge < -0.3 is 10.6 Å². The summed E-state index contributed by atoms with van der Waals surface area (Å²) in [5.41, 5.74) is 6.24. The van der Waals surface area contributed by atoms with E-state index in [0.717, 1.165) is 17.9 Å². The lowest BCUT2D eigenvalue weighted by molar-refractivity contribution is 0.0581.